The summed E-state index contributed by atoms with van der Waals surface area (Å²) in [4.78, 5) is 39.9. The Hall–Kier alpha value is -3.81. The number of nitrogens with one attached hydrogen (secondary N) is 1. The van der Waals surface area contributed by atoms with Crippen LogP contribution in [0, 0.1) is 0 Å². The Kier molecular flexibility index (Phi) is 5.36. The molecule has 0 aliphatic heterocycles. The van der Waals surface area contributed by atoms with Crippen LogP contribution in [0.3, 0.4) is 0 Å². The van der Waals surface area contributed by atoms with Crippen LogP contribution in [0.5, 0.6) is 0 Å². The molecular weight excluding hydrogens is 350 g/mol. The molecule has 1 amide bonds. The fraction of sp³-hybridized carbons (Fsp3) is 0.105. The summed E-state index contributed by atoms with van der Waals surface area (Å²) in [5.41, 5.74) is 1.17. The van der Waals surface area contributed by atoms with Crippen molar-refractivity contribution in [3.63, 3.8) is 0 Å². The highest BCUT2D eigenvalue weighted by Gasteiger charge is 2.29. The molecule has 0 spiro atoms. The molecule has 3 aromatic rings. The van der Waals surface area contributed by atoms with Crippen LogP contribution in [0.15, 0.2) is 65.4 Å². The molecule has 136 valence electrons. The molecule has 8 heteroatoms. The van der Waals surface area contributed by atoms with E-state index in [9.17, 15) is 14.4 Å². The number of hydrogen-bond acceptors (Lipinski definition) is 6. The van der Waals surface area contributed by atoms with Gasteiger partial charge in [0.2, 0.25) is 0 Å². The minimum atomic E-state index is -1.62. The summed E-state index contributed by atoms with van der Waals surface area (Å²) in [7, 11) is 0. The van der Waals surface area contributed by atoms with Crippen molar-refractivity contribution < 1.29 is 24.0 Å². The number of Topliss-reactive ketones (excluding diaryl/α,β-unsaturated/α-hetero) is 1. The van der Waals surface area contributed by atoms with Gasteiger partial charge >= 0.3 is 5.97 Å². The van der Waals surface area contributed by atoms with E-state index in [2.05, 4.69) is 15.5 Å². The third-order valence-electron chi connectivity index (χ3n) is 3.83. The number of ketones is 1. The predicted molar refractivity (Wildman–Crippen MR) is 93.8 cm³/mol. The van der Waals surface area contributed by atoms with Crippen molar-refractivity contribution in [2.45, 2.75) is 12.5 Å². The third kappa shape index (κ3) is 4.24. The molecule has 0 saturated heterocycles. The number of carboxylic acid groups (broad SMARTS) is 1. The van der Waals surface area contributed by atoms with E-state index in [0.29, 0.717) is 11.3 Å². The summed E-state index contributed by atoms with van der Waals surface area (Å²) >= 11 is 0. The van der Waals surface area contributed by atoms with Crippen molar-refractivity contribution >= 4 is 17.7 Å². The zero-order valence-electron chi connectivity index (χ0n) is 14.0. The molecule has 0 aliphatic carbocycles. The Morgan fingerprint density at radius 3 is 2.48 bits per heavy atom. The van der Waals surface area contributed by atoms with Crippen molar-refractivity contribution in [3.05, 3.63) is 72.1 Å². The summed E-state index contributed by atoms with van der Waals surface area (Å²) in [5, 5.41) is 15.1. The van der Waals surface area contributed by atoms with Crippen molar-refractivity contribution in [2.24, 2.45) is 0 Å². The smallest absolute Gasteiger partial charge is 0.374 e. The normalized spacial score (nSPS) is 11.6. The van der Waals surface area contributed by atoms with Crippen LogP contribution in [0.2, 0.25) is 0 Å². The second-order valence-electron chi connectivity index (χ2n) is 5.67. The molecule has 3 rings (SSSR count). The highest BCUT2D eigenvalue weighted by Crippen LogP contribution is 2.21. The molecule has 2 N–H and O–H groups in total. The maximum absolute atomic E-state index is 12.6. The Bertz CT molecular complexity index is 954. The molecule has 0 fully saturated rings. The first-order valence-electron chi connectivity index (χ1n) is 8.04. The zero-order chi connectivity index (χ0) is 19.2. The van der Waals surface area contributed by atoms with Gasteiger partial charge in [-0.15, -0.1) is 0 Å². The van der Waals surface area contributed by atoms with Gasteiger partial charge in [0.15, 0.2) is 5.76 Å². The van der Waals surface area contributed by atoms with Crippen molar-refractivity contribution in [1.82, 2.24) is 15.5 Å². The molecular formula is C19H15N3O5. The van der Waals surface area contributed by atoms with Gasteiger partial charge in [-0.2, -0.15) is 0 Å². The Morgan fingerprint density at radius 1 is 1.07 bits per heavy atom. The molecule has 0 radical (unpaired) electrons. The standard InChI is InChI=1S/C19H15N3O5/c23-16(19(25)26)15(10-12-6-2-1-3-7-12)22-18(24)13-11-21-27-17(13)14-8-4-5-9-20-14/h1-9,11,15H,10H2,(H,22,24)(H,25,26). The lowest BCUT2D eigenvalue weighted by molar-refractivity contribution is -0.149. The van der Waals surface area contributed by atoms with Crippen LogP contribution < -0.4 is 5.32 Å². The lowest BCUT2D eigenvalue weighted by Crippen LogP contribution is -2.45. The first-order chi connectivity index (χ1) is 13.1. The van der Waals surface area contributed by atoms with Crippen LogP contribution in [-0.4, -0.2) is 38.9 Å². The molecule has 0 saturated carbocycles. The topological polar surface area (TPSA) is 122 Å². The summed E-state index contributed by atoms with van der Waals surface area (Å²) < 4.78 is 5.11. The van der Waals surface area contributed by atoms with Gasteiger partial charge in [0.25, 0.3) is 11.7 Å². The molecule has 2 aromatic heterocycles. The molecule has 27 heavy (non-hydrogen) atoms. The van der Waals surface area contributed by atoms with Crippen LogP contribution in [0.25, 0.3) is 11.5 Å². The molecule has 0 aliphatic rings. The lowest BCUT2D eigenvalue weighted by atomic mass is 10.0. The van der Waals surface area contributed by atoms with Crippen LogP contribution >= 0.6 is 0 Å². The van der Waals surface area contributed by atoms with Gasteiger partial charge in [-0.3, -0.25) is 14.6 Å². The number of aliphatic carboxylic acids is 1. The Balaban J connectivity index is 1.84. The lowest BCUT2D eigenvalue weighted by Gasteiger charge is -2.15. The maximum Gasteiger partial charge on any atom is 0.374 e. The highest BCUT2D eigenvalue weighted by molar-refractivity contribution is 6.35. The summed E-state index contributed by atoms with van der Waals surface area (Å²) in [6.45, 7) is 0. The first kappa shape index (κ1) is 18.0. The summed E-state index contributed by atoms with van der Waals surface area (Å²) in [6.07, 6.45) is 2.78. The number of pyridine rings is 1. The minimum Gasteiger partial charge on any atom is -0.475 e. The molecule has 2 heterocycles. The Labute approximate surface area is 153 Å². The second-order valence-corrected chi connectivity index (χ2v) is 5.67. The monoisotopic (exact) mass is 365 g/mol. The van der Waals surface area contributed by atoms with Gasteiger partial charge in [0, 0.05) is 12.6 Å². The Morgan fingerprint density at radius 2 is 1.81 bits per heavy atom. The zero-order valence-corrected chi connectivity index (χ0v) is 14.0. The van der Waals surface area contributed by atoms with Crippen LogP contribution in [-0.2, 0) is 16.0 Å². The third-order valence-corrected chi connectivity index (χ3v) is 3.83. The van der Waals surface area contributed by atoms with Crippen molar-refractivity contribution in [3.8, 4) is 11.5 Å². The average Bonchev–Trinajstić information content (AvgIpc) is 3.18. The van der Waals surface area contributed by atoms with Gasteiger partial charge in [-0.25, -0.2) is 4.79 Å². The largest absolute Gasteiger partial charge is 0.475 e. The number of nitrogens with zero attached hydrogens (tertiary/aromatic N) is 2. The van der Waals surface area contributed by atoms with E-state index in [1.54, 1.807) is 48.5 Å². The molecule has 1 aromatic carbocycles. The quantitative estimate of drug-likeness (QED) is 0.611. The molecule has 1 unspecified atom stereocenters. The first-order valence-corrected chi connectivity index (χ1v) is 8.04. The predicted octanol–water partition coefficient (Wildman–Crippen LogP) is 1.73. The molecule has 1 atom stereocenters. The summed E-state index contributed by atoms with van der Waals surface area (Å²) in [6, 6.07) is 12.6. The van der Waals surface area contributed by atoms with Crippen molar-refractivity contribution in [2.75, 3.05) is 0 Å². The fourth-order valence-corrected chi connectivity index (χ4v) is 2.53. The van der Waals surface area contributed by atoms with Gasteiger partial charge in [0.05, 0.1) is 6.20 Å². The van der Waals surface area contributed by atoms with E-state index in [0.717, 1.165) is 0 Å². The maximum atomic E-state index is 12.6. The number of rotatable bonds is 7. The number of carbonyl (C=O) groups excluding carboxylic acids is 2. The van der Waals surface area contributed by atoms with Crippen LogP contribution in [0.1, 0.15) is 15.9 Å². The number of benzene rings is 1. The number of hydrogen-bond donors (Lipinski definition) is 2. The minimum absolute atomic E-state index is 0.0436. The van der Waals surface area contributed by atoms with E-state index in [-0.39, 0.29) is 17.7 Å². The molecule has 8 nitrogen and oxygen atoms in total. The van der Waals surface area contributed by atoms with E-state index in [1.807, 2.05) is 0 Å². The van der Waals surface area contributed by atoms with E-state index < -0.39 is 23.7 Å². The number of aromatic nitrogens is 2. The second kappa shape index (κ2) is 8.05. The van der Waals surface area contributed by atoms with E-state index in [4.69, 9.17) is 9.63 Å². The van der Waals surface area contributed by atoms with Crippen molar-refractivity contribution in [1.29, 1.82) is 0 Å². The number of amides is 1. The number of carbonyl (C=O) groups is 3. The van der Waals surface area contributed by atoms with Gasteiger partial charge in [-0.05, 0) is 17.7 Å². The SMILES string of the molecule is O=C(O)C(=O)C(Cc1ccccc1)NC(=O)c1cnoc1-c1ccccn1. The van der Waals surface area contributed by atoms with E-state index in [1.165, 1.54) is 12.4 Å². The number of carboxylic acids is 1. The van der Waals surface area contributed by atoms with E-state index >= 15 is 0 Å². The fourth-order valence-electron chi connectivity index (χ4n) is 2.53. The van der Waals surface area contributed by atoms with Gasteiger partial charge in [0.1, 0.15) is 17.3 Å². The highest BCUT2D eigenvalue weighted by atomic mass is 16.5. The summed E-state index contributed by atoms with van der Waals surface area (Å²) in [5.74, 6) is -3.27. The molecule has 0 bridgehead atoms. The van der Waals surface area contributed by atoms with Crippen LogP contribution in [0.4, 0.5) is 0 Å². The van der Waals surface area contributed by atoms with Gasteiger partial charge in [-0.1, -0.05) is 41.6 Å². The van der Waals surface area contributed by atoms with Gasteiger partial charge < -0.3 is 14.9 Å². The average molecular weight is 365 g/mol.